The van der Waals surface area contributed by atoms with E-state index >= 15 is 0 Å². The van der Waals surface area contributed by atoms with E-state index in [-0.39, 0.29) is 11.4 Å². The molecule has 4 heteroatoms. The molecule has 1 atom stereocenters. The molecule has 0 saturated carbocycles. The normalized spacial score (nSPS) is 18.4. The van der Waals surface area contributed by atoms with Crippen LogP contribution in [0.5, 0.6) is 0 Å². The van der Waals surface area contributed by atoms with E-state index in [2.05, 4.69) is 62.3 Å². The van der Waals surface area contributed by atoms with E-state index in [1.54, 1.807) is 6.21 Å². The molecule has 0 aromatic heterocycles. The van der Waals surface area contributed by atoms with Crippen LogP contribution in [-0.2, 0) is 0 Å². The highest BCUT2D eigenvalue weighted by molar-refractivity contribution is 5.95. The quantitative estimate of drug-likeness (QED) is 0.629. The van der Waals surface area contributed by atoms with Gasteiger partial charge in [-0.25, -0.2) is 5.43 Å². The molecular weight excluding hydrogens is 334 g/mol. The highest BCUT2D eigenvalue weighted by atomic mass is 16.2. The molecule has 2 aromatic rings. The van der Waals surface area contributed by atoms with Crippen LogP contribution in [0.15, 0.2) is 41.5 Å². The average molecular weight is 364 g/mol. The van der Waals surface area contributed by atoms with Gasteiger partial charge in [0.1, 0.15) is 0 Å². The maximum Gasteiger partial charge on any atom is 0.271 e. The van der Waals surface area contributed by atoms with E-state index in [9.17, 15) is 4.79 Å². The predicted octanol–water partition coefficient (Wildman–Crippen LogP) is 4.79. The molecular formula is C23H29N3O. The van der Waals surface area contributed by atoms with Crippen LogP contribution in [0.1, 0.15) is 65.7 Å². The molecule has 0 spiro atoms. The zero-order chi connectivity index (χ0) is 19.8. The molecule has 4 nitrogen and oxygen atoms in total. The SMILES string of the molecule is Cc1ccc(C(=O)N/N=C\c2cc3c(cc2C)N(C)C(C)(C)CC3C)cc1. The third-order valence-corrected chi connectivity index (χ3v) is 5.70. The minimum atomic E-state index is -0.197. The molecule has 0 saturated heterocycles. The lowest BCUT2D eigenvalue weighted by atomic mass is 9.79. The standard InChI is InChI=1S/C23H29N3O/c1-15-7-9-18(10-8-15)22(27)25-24-14-19-12-20-17(3)13-23(4,5)26(6)21(20)11-16(19)2/h7-12,14,17H,13H2,1-6H3,(H,25,27)/b24-14-. The number of hydrazone groups is 1. The van der Waals surface area contributed by atoms with Gasteiger partial charge in [-0.15, -0.1) is 0 Å². The number of nitrogens with zero attached hydrogens (tertiary/aromatic N) is 2. The van der Waals surface area contributed by atoms with Crippen LogP contribution in [0, 0.1) is 13.8 Å². The lowest BCUT2D eigenvalue weighted by Gasteiger charge is -2.45. The van der Waals surface area contributed by atoms with Crippen LogP contribution in [0.3, 0.4) is 0 Å². The third kappa shape index (κ3) is 3.90. The molecule has 1 amide bonds. The fourth-order valence-electron chi connectivity index (χ4n) is 3.80. The van der Waals surface area contributed by atoms with E-state index < -0.39 is 0 Å². The molecule has 27 heavy (non-hydrogen) atoms. The monoisotopic (exact) mass is 363 g/mol. The highest BCUT2D eigenvalue weighted by Crippen LogP contribution is 2.43. The van der Waals surface area contributed by atoms with Gasteiger partial charge in [0.05, 0.1) is 6.21 Å². The topological polar surface area (TPSA) is 44.7 Å². The molecule has 1 aliphatic rings. The number of anilines is 1. The summed E-state index contributed by atoms with van der Waals surface area (Å²) in [5, 5.41) is 4.18. The molecule has 0 fully saturated rings. The van der Waals surface area contributed by atoms with Crippen LogP contribution < -0.4 is 10.3 Å². The number of fused-ring (bicyclic) bond motifs is 1. The number of hydrogen-bond acceptors (Lipinski definition) is 3. The van der Waals surface area contributed by atoms with Crippen molar-refractivity contribution in [3.05, 3.63) is 64.2 Å². The minimum Gasteiger partial charge on any atom is -0.369 e. The molecule has 0 radical (unpaired) electrons. The molecule has 1 unspecified atom stereocenters. The van der Waals surface area contributed by atoms with Crippen LogP contribution in [0.25, 0.3) is 0 Å². The van der Waals surface area contributed by atoms with E-state index in [0.717, 1.165) is 23.1 Å². The summed E-state index contributed by atoms with van der Waals surface area (Å²) >= 11 is 0. The van der Waals surface area contributed by atoms with Crippen molar-refractivity contribution in [1.29, 1.82) is 0 Å². The van der Waals surface area contributed by atoms with Gasteiger partial charge in [-0.2, -0.15) is 5.10 Å². The summed E-state index contributed by atoms with van der Waals surface area (Å²) in [6.45, 7) is 10.9. The van der Waals surface area contributed by atoms with E-state index in [1.807, 2.05) is 31.2 Å². The molecule has 1 N–H and O–H groups in total. The van der Waals surface area contributed by atoms with Gasteiger partial charge in [-0.3, -0.25) is 4.79 Å². The molecule has 1 heterocycles. The molecule has 0 bridgehead atoms. The van der Waals surface area contributed by atoms with Crippen molar-refractivity contribution in [2.24, 2.45) is 5.10 Å². The Kier molecular flexibility index (Phi) is 5.09. The summed E-state index contributed by atoms with van der Waals surface area (Å²) in [5.41, 5.74) is 9.33. The number of hydrogen-bond donors (Lipinski definition) is 1. The number of benzene rings is 2. The maximum absolute atomic E-state index is 12.2. The van der Waals surface area contributed by atoms with Gasteiger partial charge in [0.2, 0.25) is 0 Å². The Morgan fingerprint density at radius 1 is 1.22 bits per heavy atom. The van der Waals surface area contributed by atoms with Gasteiger partial charge in [0.15, 0.2) is 0 Å². The Hall–Kier alpha value is -2.62. The second-order valence-corrected chi connectivity index (χ2v) is 8.31. The molecule has 0 aliphatic carbocycles. The van der Waals surface area contributed by atoms with Gasteiger partial charge < -0.3 is 4.90 Å². The largest absolute Gasteiger partial charge is 0.369 e. The Bertz CT molecular complexity index is 881. The van der Waals surface area contributed by atoms with Crippen molar-refractivity contribution in [2.45, 2.75) is 52.5 Å². The Morgan fingerprint density at radius 3 is 2.56 bits per heavy atom. The van der Waals surface area contributed by atoms with E-state index in [4.69, 9.17) is 0 Å². The molecule has 2 aromatic carbocycles. The maximum atomic E-state index is 12.2. The second kappa shape index (κ2) is 7.18. The van der Waals surface area contributed by atoms with Crippen LogP contribution in [-0.4, -0.2) is 24.7 Å². The summed E-state index contributed by atoms with van der Waals surface area (Å²) in [7, 11) is 2.17. The zero-order valence-corrected chi connectivity index (χ0v) is 17.1. The highest BCUT2D eigenvalue weighted by Gasteiger charge is 2.34. The Morgan fingerprint density at radius 2 is 1.89 bits per heavy atom. The van der Waals surface area contributed by atoms with E-state index in [0.29, 0.717) is 11.5 Å². The first-order valence-corrected chi connectivity index (χ1v) is 9.47. The van der Waals surface area contributed by atoms with Crippen molar-refractivity contribution >= 4 is 17.8 Å². The fourth-order valence-corrected chi connectivity index (χ4v) is 3.80. The predicted molar refractivity (Wildman–Crippen MR) is 113 cm³/mol. The van der Waals surface area contributed by atoms with Crippen LogP contribution in [0.2, 0.25) is 0 Å². The second-order valence-electron chi connectivity index (χ2n) is 8.31. The Balaban J connectivity index is 1.80. The van der Waals surface area contributed by atoms with Crippen molar-refractivity contribution in [3.8, 4) is 0 Å². The lowest BCUT2D eigenvalue weighted by molar-refractivity contribution is 0.0955. The fraction of sp³-hybridized carbons (Fsp3) is 0.391. The summed E-state index contributed by atoms with van der Waals surface area (Å²) < 4.78 is 0. The van der Waals surface area contributed by atoms with Gasteiger partial charge >= 0.3 is 0 Å². The summed E-state index contributed by atoms with van der Waals surface area (Å²) in [6.07, 6.45) is 2.86. The molecule has 1 aliphatic heterocycles. The number of carbonyl (C=O) groups excluding carboxylic acids is 1. The number of rotatable bonds is 3. The number of aryl methyl sites for hydroxylation is 2. The first-order chi connectivity index (χ1) is 12.7. The minimum absolute atomic E-state index is 0.149. The third-order valence-electron chi connectivity index (χ3n) is 5.70. The van der Waals surface area contributed by atoms with Crippen molar-refractivity contribution in [2.75, 3.05) is 11.9 Å². The zero-order valence-electron chi connectivity index (χ0n) is 17.1. The van der Waals surface area contributed by atoms with Gasteiger partial charge in [-0.05, 0) is 81.0 Å². The van der Waals surface area contributed by atoms with Crippen LogP contribution >= 0.6 is 0 Å². The lowest BCUT2D eigenvalue weighted by Crippen LogP contribution is -2.45. The van der Waals surface area contributed by atoms with E-state index in [1.165, 1.54) is 11.3 Å². The summed E-state index contributed by atoms with van der Waals surface area (Å²) in [4.78, 5) is 14.6. The number of nitrogens with one attached hydrogen (secondary N) is 1. The first kappa shape index (κ1) is 19.2. The van der Waals surface area contributed by atoms with Gasteiger partial charge in [-0.1, -0.05) is 24.6 Å². The van der Waals surface area contributed by atoms with Gasteiger partial charge in [0.25, 0.3) is 5.91 Å². The van der Waals surface area contributed by atoms with Gasteiger partial charge in [0, 0.05) is 23.8 Å². The molecule has 142 valence electrons. The Labute approximate surface area is 162 Å². The molecule has 3 rings (SSSR count). The number of amides is 1. The van der Waals surface area contributed by atoms with Crippen molar-refractivity contribution < 1.29 is 4.79 Å². The summed E-state index contributed by atoms with van der Waals surface area (Å²) in [5.74, 6) is 0.290. The van der Waals surface area contributed by atoms with Crippen molar-refractivity contribution in [3.63, 3.8) is 0 Å². The van der Waals surface area contributed by atoms with Crippen molar-refractivity contribution in [1.82, 2.24) is 5.43 Å². The summed E-state index contributed by atoms with van der Waals surface area (Å²) in [6, 6.07) is 11.9. The number of carbonyl (C=O) groups is 1. The first-order valence-electron chi connectivity index (χ1n) is 9.47. The smallest absolute Gasteiger partial charge is 0.271 e. The average Bonchev–Trinajstić information content (AvgIpc) is 2.61. The van der Waals surface area contributed by atoms with Crippen LogP contribution in [0.4, 0.5) is 5.69 Å².